The Morgan fingerprint density at radius 1 is 1.55 bits per heavy atom. The molecule has 1 heterocycles. The van der Waals surface area contributed by atoms with Crippen LogP contribution in [-0.4, -0.2) is 32.6 Å². The van der Waals surface area contributed by atoms with E-state index in [0.717, 1.165) is 11.3 Å². The highest BCUT2D eigenvalue weighted by molar-refractivity contribution is 5.83. The van der Waals surface area contributed by atoms with Crippen LogP contribution in [0.1, 0.15) is 17.3 Å². The first-order valence-electron chi connectivity index (χ1n) is 6.23. The van der Waals surface area contributed by atoms with Crippen molar-refractivity contribution in [1.29, 1.82) is 0 Å². The topological polar surface area (TPSA) is 106 Å². The lowest BCUT2D eigenvalue weighted by molar-refractivity contribution is -0.118. The summed E-state index contributed by atoms with van der Waals surface area (Å²) in [6, 6.07) is 6.85. The van der Waals surface area contributed by atoms with Gasteiger partial charge < -0.3 is 16.2 Å². The number of rotatable bonds is 6. The van der Waals surface area contributed by atoms with E-state index in [1.54, 1.807) is 6.20 Å². The molecule has 20 heavy (non-hydrogen) atoms. The zero-order valence-electron chi connectivity index (χ0n) is 11.2. The first-order valence-corrected chi connectivity index (χ1v) is 6.23. The largest absolute Gasteiger partial charge is 0.394 e. The molecule has 0 aliphatic carbocycles. The average Bonchev–Trinajstić information content (AvgIpc) is 2.84. The van der Waals surface area contributed by atoms with Gasteiger partial charge >= 0.3 is 0 Å². The Morgan fingerprint density at radius 3 is 3.00 bits per heavy atom. The molecule has 4 N–H and O–H groups in total. The quantitative estimate of drug-likeness (QED) is 0.699. The number of benzene rings is 1. The van der Waals surface area contributed by atoms with Gasteiger partial charge in [-0.3, -0.25) is 4.79 Å². The van der Waals surface area contributed by atoms with E-state index in [0.29, 0.717) is 12.2 Å². The van der Waals surface area contributed by atoms with Crippen molar-refractivity contribution in [2.24, 2.45) is 5.73 Å². The number of aromatic nitrogens is 3. The molecule has 1 unspecified atom stereocenters. The van der Waals surface area contributed by atoms with Crippen molar-refractivity contribution in [3.63, 3.8) is 0 Å². The van der Waals surface area contributed by atoms with Crippen molar-refractivity contribution < 1.29 is 9.90 Å². The molecular formula is C13H17N5O2. The second-order valence-electron chi connectivity index (χ2n) is 4.48. The van der Waals surface area contributed by atoms with E-state index in [1.165, 1.54) is 4.68 Å². The van der Waals surface area contributed by atoms with E-state index in [2.05, 4.69) is 15.6 Å². The third kappa shape index (κ3) is 3.33. The van der Waals surface area contributed by atoms with Gasteiger partial charge in [0.15, 0.2) is 6.04 Å². The van der Waals surface area contributed by atoms with Crippen molar-refractivity contribution in [3.8, 4) is 0 Å². The number of aliphatic hydroxyl groups is 1. The highest BCUT2D eigenvalue weighted by Gasteiger charge is 2.21. The van der Waals surface area contributed by atoms with Gasteiger partial charge in [0.2, 0.25) is 5.91 Å². The second kappa shape index (κ2) is 6.16. The van der Waals surface area contributed by atoms with Gasteiger partial charge in [0.1, 0.15) is 5.69 Å². The van der Waals surface area contributed by atoms with Gasteiger partial charge in [-0.2, -0.15) is 0 Å². The van der Waals surface area contributed by atoms with Crippen LogP contribution in [0, 0.1) is 6.92 Å². The summed E-state index contributed by atoms with van der Waals surface area (Å²) < 4.78 is 1.46. The van der Waals surface area contributed by atoms with E-state index in [-0.39, 0.29) is 6.61 Å². The van der Waals surface area contributed by atoms with Crippen LogP contribution in [-0.2, 0) is 11.3 Å². The first-order chi connectivity index (χ1) is 9.60. The molecule has 0 fully saturated rings. The van der Waals surface area contributed by atoms with Crippen molar-refractivity contribution >= 4 is 11.6 Å². The normalized spacial score (nSPS) is 12.1. The molecule has 1 amide bonds. The van der Waals surface area contributed by atoms with Gasteiger partial charge in [-0.05, 0) is 24.6 Å². The molecule has 1 atom stereocenters. The molecule has 2 rings (SSSR count). The maximum absolute atomic E-state index is 11.6. The predicted octanol–water partition coefficient (Wildman–Crippen LogP) is 0.217. The third-order valence-corrected chi connectivity index (χ3v) is 2.79. The van der Waals surface area contributed by atoms with E-state index >= 15 is 0 Å². The Balaban J connectivity index is 2.20. The lowest BCUT2D eigenvalue weighted by Crippen LogP contribution is -2.28. The minimum Gasteiger partial charge on any atom is -0.394 e. The number of hydrogen-bond donors (Lipinski definition) is 3. The summed E-state index contributed by atoms with van der Waals surface area (Å²) in [7, 11) is 0. The van der Waals surface area contributed by atoms with Crippen molar-refractivity contribution in [1.82, 2.24) is 15.0 Å². The number of amides is 1. The van der Waals surface area contributed by atoms with E-state index < -0.39 is 11.9 Å². The summed E-state index contributed by atoms with van der Waals surface area (Å²) >= 11 is 0. The number of anilines is 1. The molecule has 7 heteroatoms. The molecule has 0 radical (unpaired) electrons. The number of primary amides is 1. The van der Waals surface area contributed by atoms with Gasteiger partial charge in [0.05, 0.1) is 19.3 Å². The minimum absolute atomic E-state index is 0.0463. The highest BCUT2D eigenvalue weighted by atomic mass is 16.3. The lowest BCUT2D eigenvalue weighted by atomic mass is 10.1. The Morgan fingerprint density at radius 2 is 2.35 bits per heavy atom. The van der Waals surface area contributed by atoms with Crippen LogP contribution in [0.25, 0.3) is 0 Å². The molecule has 7 nitrogen and oxygen atoms in total. The van der Waals surface area contributed by atoms with Crippen LogP contribution in [0.2, 0.25) is 0 Å². The van der Waals surface area contributed by atoms with E-state index in [4.69, 9.17) is 10.8 Å². The number of carbonyl (C=O) groups excluding carboxylic acids is 1. The number of nitrogens with two attached hydrogens (primary N) is 1. The van der Waals surface area contributed by atoms with Crippen molar-refractivity contribution in [2.75, 3.05) is 11.9 Å². The van der Waals surface area contributed by atoms with Gasteiger partial charge in [-0.25, -0.2) is 4.68 Å². The number of carbonyl (C=O) groups is 1. The molecule has 0 saturated heterocycles. The smallest absolute Gasteiger partial charge is 0.246 e. The van der Waals surface area contributed by atoms with Crippen LogP contribution in [0.3, 0.4) is 0 Å². The second-order valence-corrected chi connectivity index (χ2v) is 4.48. The third-order valence-electron chi connectivity index (χ3n) is 2.79. The Kier molecular flexibility index (Phi) is 4.31. The molecule has 0 aliphatic heterocycles. The summed E-state index contributed by atoms with van der Waals surface area (Å²) in [5.74, 6) is -0.539. The number of nitrogens with zero attached hydrogens (tertiary/aromatic N) is 3. The monoisotopic (exact) mass is 275 g/mol. The Hall–Kier alpha value is -2.41. The zero-order valence-corrected chi connectivity index (χ0v) is 11.2. The molecule has 2 aromatic rings. The molecule has 0 aliphatic rings. The van der Waals surface area contributed by atoms with Gasteiger partial charge in [-0.15, -0.1) is 5.10 Å². The van der Waals surface area contributed by atoms with Crippen molar-refractivity contribution in [2.45, 2.75) is 19.5 Å². The summed E-state index contributed by atoms with van der Waals surface area (Å²) in [6.07, 6.45) is 1.59. The van der Waals surface area contributed by atoms with Crippen LogP contribution in [0.5, 0.6) is 0 Å². The summed E-state index contributed by atoms with van der Waals surface area (Å²) in [6.45, 7) is 2.24. The van der Waals surface area contributed by atoms with Crippen LogP contribution >= 0.6 is 0 Å². The first kappa shape index (κ1) is 14.0. The van der Waals surface area contributed by atoms with Crippen LogP contribution < -0.4 is 11.1 Å². The Bertz CT molecular complexity index is 596. The Labute approximate surface area is 116 Å². The maximum Gasteiger partial charge on any atom is 0.246 e. The fraction of sp³-hybridized carbons (Fsp3) is 0.308. The maximum atomic E-state index is 11.6. The molecule has 0 saturated carbocycles. The summed E-state index contributed by atoms with van der Waals surface area (Å²) in [4.78, 5) is 11.6. The summed E-state index contributed by atoms with van der Waals surface area (Å²) in [5.41, 5.74) is 7.69. The van der Waals surface area contributed by atoms with Gasteiger partial charge in [-0.1, -0.05) is 17.3 Å². The molecule has 1 aromatic heterocycles. The molecule has 106 valence electrons. The highest BCUT2D eigenvalue weighted by Crippen LogP contribution is 2.18. The molecule has 0 bridgehead atoms. The summed E-state index contributed by atoms with van der Waals surface area (Å²) in [5, 5.41) is 19.6. The van der Waals surface area contributed by atoms with Crippen LogP contribution in [0.4, 0.5) is 5.69 Å². The van der Waals surface area contributed by atoms with Gasteiger partial charge in [0.25, 0.3) is 0 Å². The van der Waals surface area contributed by atoms with Crippen molar-refractivity contribution in [3.05, 3.63) is 41.7 Å². The number of nitrogens with one attached hydrogen (secondary N) is 1. The average molecular weight is 275 g/mol. The molecule has 1 aromatic carbocycles. The lowest BCUT2D eigenvalue weighted by Gasteiger charge is -2.14. The number of hydrogen-bond acceptors (Lipinski definition) is 5. The standard InChI is InChI=1S/C13H17N5O2/c1-9-3-2-4-10(7-9)15-12(13(14)20)11-8-18(5-6-19)17-16-11/h2-4,7-8,12,15,19H,5-6H2,1H3,(H2,14,20). The SMILES string of the molecule is Cc1cccc(NC(C(N)=O)c2cn(CCO)nn2)c1. The van der Waals surface area contributed by atoms with Crippen LogP contribution in [0.15, 0.2) is 30.5 Å². The van der Waals surface area contributed by atoms with E-state index in [1.807, 2.05) is 31.2 Å². The molecular weight excluding hydrogens is 258 g/mol. The molecule has 0 spiro atoms. The fourth-order valence-electron chi connectivity index (χ4n) is 1.85. The predicted molar refractivity (Wildman–Crippen MR) is 73.8 cm³/mol. The number of aryl methyl sites for hydroxylation is 1. The minimum atomic E-state index is -0.760. The zero-order chi connectivity index (χ0) is 14.5. The van der Waals surface area contributed by atoms with E-state index in [9.17, 15) is 4.79 Å². The van der Waals surface area contributed by atoms with Gasteiger partial charge in [0, 0.05) is 5.69 Å². The number of aliphatic hydroxyl groups excluding tert-OH is 1. The fourth-order valence-corrected chi connectivity index (χ4v) is 1.85.